The minimum atomic E-state index is -3.50. The molecule has 1 unspecified atom stereocenters. The van der Waals surface area contributed by atoms with Crippen LogP contribution in [0.3, 0.4) is 0 Å². The van der Waals surface area contributed by atoms with Crippen LogP contribution in [0.25, 0.3) is 0 Å². The van der Waals surface area contributed by atoms with E-state index < -0.39 is 10.0 Å². The Labute approximate surface area is 129 Å². The lowest BCUT2D eigenvalue weighted by Crippen LogP contribution is -2.26. The second-order valence-corrected chi connectivity index (χ2v) is 7.54. The van der Waals surface area contributed by atoms with Crippen LogP contribution in [-0.2, 0) is 16.6 Å². The average molecular weight is 325 g/mol. The largest absolute Gasteiger partial charge is 0.313 e. The first-order valence-corrected chi connectivity index (χ1v) is 9.09. The van der Waals surface area contributed by atoms with Crippen molar-refractivity contribution in [3.8, 4) is 0 Å². The summed E-state index contributed by atoms with van der Waals surface area (Å²) in [6, 6.07) is 5.04. The number of hydrogen-bond donors (Lipinski definition) is 2. The predicted molar refractivity (Wildman–Crippen MR) is 84.7 cm³/mol. The minimum absolute atomic E-state index is 0.317. The van der Waals surface area contributed by atoms with E-state index in [-0.39, 0.29) is 6.04 Å². The predicted octanol–water partition coefficient (Wildman–Crippen LogP) is 2.29. The van der Waals surface area contributed by atoms with E-state index in [1.807, 2.05) is 25.3 Å². The van der Waals surface area contributed by atoms with Gasteiger partial charge in [-0.2, -0.15) is 0 Å². The monoisotopic (exact) mass is 325 g/mol. The molecule has 7 heteroatoms. The standard InChI is InChI=1S/C14H19N3O2S2/c1-3-15-8-12-7-14(20-10-12)21(18,19)17-11(2)13-5-4-6-16-9-13/h4-7,9-11,15,17H,3,8H2,1-2H3. The lowest BCUT2D eigenvalue weighted by atomic mass is 10.2. The van der Waals surface area contributed by atoms with Crippen molar-refractivity contribution in [1.29, 1.82) is 0 Å². The van der Waals surface area contributed by atoms with Crippen molar-refractivity contribution in [2.24, 2.45) is 0 Å². The molecule has 2 aromatic rings. The first-order chi connectivity index (χ1) is 10.0. The molecule has 0 radical (unpaired) electrons. The number of nitrogens with one attached hydrogen (secondary N) is 2. The topological polar surface area (TPSA) is 71.1 Å². The van der Waals surface area contributed by atoms with Gasteiger partial charge in [-0.25, -0.2) is 13.1 Å². The summed E-state index contributed by atoms with van der Waals surface area (Å²) in [4.78, 5) is 4.01. The first kappa shape index (κ1) is 16.1. The van der Waals surface area contributed by atoms with E-state index in [4.69, 9.17) is 0 Å². The molecule has 1 atom stereocenters. The van der Waals surface area contributed by atoms with Gasteiger partial charge in [-0.3, -0.25) is 4.98 Å². The van der Waals surface area contributed by atoms with Gasteiger partial charge in [-0.1, -0.05) is 13.0 Å². The van der Waals surface area contributed by atoms with E-state index in [2.05, 4.69) is 15.0 Å². The van der Waals surface area contributed by atoms with Crippen LogP contribution in [-0.4, -0.2) is 19.9 Å². The number of hydrogen-bond acceptors (Lipinski definition) is 5. The van der Waals surface area contributed by atoms with Gasteiger partial charge in [0.2, 0.25) is 0 Å². The number of sulfonamides is 1. The molecule has 0 aliphatic carbocycles. The summed E-state index contributed by atoms with van der Waals surface area (Å²) < 4.78 is 27.7. The van der Waals surface area contributed by atoms with Crippen LogP contribution in [0.2, 0.25) is 0 Å². The lowest BCUT2D eigenvalue weighted by Gasteiger charge is -2.13. The molecule has 5 nitrogen and oxygen atoms in total. The van der Waals surface area contributed by atoms with Gasteiger partial charge in [-0.05, 0) is 42.1 Å². The minimum Gasteiger partial charge on any atom is -0.313 e. The zero-order valence-electron chi connectivity index (χ0n) is 12.0. The number of thiophene rings is 1. The number of aromatic nitrogens is 1. The Kier molecular flexibility index (Phi) is 5.46. The Bertz CT molecular complexity index is 669. The zero-order chi connectivity index (χ0) is 15.3. The van der Waals surface area contributed by atoms with E-state index >= 15 is 0 Å². The molecule has 2 N–H and O–H groups in total. The van der Waals surface area contributed by atoms with Crippen LogP contribution >= 0.6 is 11.3 Å². The molecule has 0 aromatic carbocycles. The second-order valence-electron chi connectivity index (χ2n) is 4.68. The highest BCUT2D eigenvalue weighted by atomic mass is 32.2. The van der Waals surface area contributed by atoms with Crippen molar-refractivity contribution < 1.29 is 8.42 Å². The van der Waals surface area contributed by atoms with Crippen LogP contribution in [0.5, 0.6) is 0 Å². The van der Waals surface area contributed by atoms with Crippen molar-refractivity contribution in [1.82, 2.24) is 15.0 Å². The Hall–Kier alpha value is -1.28. The molecule has 0 bridgehead atoms. The molecule has 2 rings (SSSR count). The van der Waals surface area contributed by atoms with E-state index in [0.717, 1.165) is 17.7 Å². The van der Waals surface area contributed by atoms with Crippen molar-refractivity contribution in [3.05, 3.63) is 47.1 Å². The summed E-state index contributed by atoms with van der Waals surface area (Å²) in [5, 5.41) is 5.05. The molecule has 0 aliphatic rings. The number of rotatable bonds is 7. The summed E-state index contributed by atoms with van der Waals surface area (Å²) in [5.74, 6) is 0. The van der Waals surface area contributed by atoms with Crippen molar-refractivity contribution in [2.45, 2.75) is 30.6 Å². The van der Waals surface area contributed by atoms with E-state index in [1.165, 1.54) is 11.3 Å². The van der Waals surface area contributed by atoms with Gasteiger partial charge in [0.05, 0.1) is 0 Å². The highest BCUT2D eigenvalue weighted by molar-refractivity contribution is 7.91. The summed E-state index contributed by atoms with van der Waals surface area (Å²) in [5.41, 5.74) is 1.82. The van der Waals surface area contributed by atoms with E-state index in [1.54, 1.807) is 24.5 Å². The normalized spacial score (nSPS) is 13.2. The molecular formula is C14H19N3O2S2. The maximum Gasteiger partial charge on any atom is 0.250 e. The zero-order valence-corrected chi connectivity index (χ0v) is 13.7. The molecule has 0 aliphatic heterocycles. The third-order valence-electron chi connectivity index (χ3n) is 2.99. The Morgan fingerprint density at radius 2 is 2.24 bits per heavy atom. The van der Waals surface area contributed by atoms with Crippen LogP contribution in [0.15, 0.2) is 40.2 Å². The smallest absolute Gasteiger partial charge is 0.250 e. The summed E-state index contributed by atoms with van der Waals surface area (Å²) >= 11 is 1.24. The van der Waals surface area contributed by atoms with Gasteiger partial charge in [0, 0.05) is 25.0 Å². The van der Waals surface area contributed by atoms with Crippen molar-refractivity contribution in [2.75, 3.05) is 6.54 Å². The number of pyridine rings is 1. The lowest BCUT2D eigenvalue weighted by molar-refractivity contribution is 0.568. The van der Waals surface area contributed by atoms with Gasteiger partial charge in [0.15, 0.2) is 0 Å². The van der Waals surface area contributed by atoms with E-state index in [0.29, 0.717) is 10.8 Å². The fraction of sp³-hybridized carbons (Fsp3) is 0.357. The van der Waals surface area contributed by atoms with Crippen LogP contribution < -0.4 is 10.0 Å². The highest BCUT2D eigenvalue weighted by Crippen LogP contribution is 2.22. The quantitative estimate of drug-likeness (QED) is 0.819. The molecule has 0 fully saturated rings. The Morgan fingerprint density at radius 3 is 2.90 bits per heavy atom. The molecule has 2 heterocycles. The maximum absolute atomic E-state index is 12.4. The van der Waals surface area contributed by atoms with Crippen molar-refractivity contribution in [3.63, 3.8) is 0 Å². The summed E-state index contributed by atoms with van der Waals surface area (Å²) in [7, 11) is -3.50. The third kappa shape index (κ3) is 4.34. The molecule has 2 aromatic heterocycles. The molecular weight excluding hydrogens is 306 g/mol. The van der Waals surface area contributed by atoms with Gasteiger partial charge in [0.1, 0.15) is 4.21 Å². The van der Waals surface area contributed by atoms with Crippen LogP contribution in [0.1, 0.15) is 31.0 Å². The Morgan fingerprint density at radius 1 is 1.43 bits per heavy atom. The maximum atomic E-state index is 12.4. The molecule has 0 saturated heterocycles. The molecule has 21 heavy (non-hydrogen) atoms. The average Bonchev–Trinajstić information content (AvgIpc) is 2.95. The summed E-state index contributed by atoms with van der Waals surface area (Å²) in [6.45, 7) is 5.36. The highest BCUT2D eigenvalue weighted by Gasteiger charge is 2.20. The Balaban J connectivity index is 2.09. The third-order valence-corrected chi connectivity index (χ3v) is 6.02. The van der Waals surface area contributed by atoms with Crippen molar-refractivity contribution >= 4 is 21.4 Å². The van der Waals surface area contributed by atoms with Gasteiger partial charge in [0.25, 0.3) is 10.0 Å². The molecule has 114 valence electrons. The van der Waals surface area contributed by atoms with Gasteiger partial charge in [-0.15, -0.1) is 11.3 Å². The van der Waals surface area contributed by atoms with Crippen LogP contribution in [0, 0.1) is 0 Å². The first-order valence-electron chi connectivity index (χ1n) is 6.73. The molecule has 0 spiro atoms. The van der Waals surface area contributed by atoms with E-state index in [9.17, 15) is 8.42 Å². The molecule has 0 amide bonds. The second kappa shape index (κ2) is 7.13. The number of nitrogens with zero attached hydrogens (tertiary/aromatic N) is 1. The van der Waals surface area contributed by atoms with Gasteiger partial charge >= 0.3 is 0 Å². The molecule has 0 saturated carbocycles. The summed E-state index contributed by atoms with van der Waals surface area (Å²) in [6.07, 6.45) is 3.33. The fourth-order valence-corrected chi connectivity index (χ4v) is 4.31. The van der Waals surface area contributed by atoms with Gasteiger partial charge < -0.3 is 5.32 Å². The SMILES string of the molecule is CCNCc1csc(S(=O)(=O)NC(C)c2cccnc2)c1. The van der Waals surface area contributed by atoms with Crippen LogP contribution in [0.4, 0.5) is 0 Å². The fourth-order valence-electron chi connectivity index (χ4n) is 1.85.